The number of anilines is 6. The number of benzene rings is 13. The monoisotopic (exact) mass is 994 g/mol. The van der Waals surface area contributed by atoms with Crippen LogP contribution < -0.4 is 9.80 Å². The summed E-state index contributed by atoms with van der Waals surface area (Å²) in [5, 5.41) is 7.40. The zero-order valence-corrected chi connectivity index (χ0v) is 43.3. The summed E-state index contributed by atoms with van der Waals surface area (Å²) in [5.74, 6) is 0. The van der Waals surface area contributed by atoms with E-state index < -0.39 is 0 Å². The number of hydrogen-bond acceptors (Lipinski definition) is 2. The molecule has 2 aliphatic carbocycles. The summed E-state index contributed by atoms with van der Waals surface area (Å²) in [4.78, 5) is 4.78. The van der Waals surface area contributed by atoms with E-state index in [2.05, 4.69) is 289 Å². The fourth-order valence-electron chi connectivity index (χ4n) is 12.6. The summed E-state index contributed by atoms with van der Waals surface area (Å²) in [6.45, 7) is 0. The van der Waals surface area contributed by atoms with Gasteiger partial charge in [0.15, 0.2) is 0 Å². The first-order valence-corrected chi connectivity index (χ1v) is 27.5. The molecule has 0 atom stereocenters. The minimum atomic E-state index is 1.04. The molecular weight excluding hydrogens is 941 g/mol. The predicted octanol–water partition coefficient (Wildman–Crippen LogP) is 20.6. The van der Waals surface area contributed by atoms with Crippen molar-refractivity contribution in [1.82, 2.24) is 0 Å². The second-order valence-corrected chi connectivity index (χ2v) is 21.2. The largest absolute Gasteiger partial charge is 0.310 e. The van der Waals surface area contributed by atoms with Crippen molar-refractivity contribution in [3.8, 4) is 55.6 Å². The lowest BCUT2D eigenvalue weighted by molar-refractivity contribution is 0.878. The standard InChI is InChI=1S/C76H54N2/c1-3-11-51(12-4-1)55-25-34-69(35-26-55)77(72-40-31-53-15-7-9-17-58(53)48-72)70-38-29-57(30-39-70)67-44-63-21-23-65-46-68(47-66-24-22-64(45-67)75(63)76(65)66)61-19-20-62-50-74(42-33-60(62)43-61)78(73-41-32-54-16-8-10-18-59(54)49-73)71-36-27-56(28-37-71)52-13-5-2-6-14-52/h1-20,25-50H,21-24H2. The zero-order valence-electron chi connectivity index (χ0n) is 43.3. The molecular formula is C76H54N2. The van der Waals surface area contributed by atoms with Gasteiger partial charge in [-0.05, 0) is 215 Å². The van der Waals surface area contributed by atoms with Crippen LogP contribution in [0.15, 0.2) is 279 Å². The Labute approximate surface area is 456 Å². The lowest BCUT2D eigenvalue weighted by Crippen LogP contribution is -2.14. The van der Waals surface area contributed by atoms with E-state index in [9.17, 15) is 0 Å². The lowest BCUT2D eigenvalue weighted by Gasteiger charge is -2.31. The van der Waals surface area contributed by atoms with Crippen LogP contribution in [0.3, 0.4) is 0 Å². The molecule has 0 bridgehead atoms. The van der Waals surface area contributed by atoms with Crippen molar-refractivity contribution in [3.05, 3.63) is 301 Å². The molecule has 368 valence electrons. The van der Waals surface area contributed by atoms with Gasteiger partial charge < -0.3 is 9.80 Å². The summed E-state index contributed by atoms with van der Waals surface area (Å²) in [6, 6.07) is 103. The Morgan fingerprint density at radius 1 is 0.179 bits per heavy atom. The first-order valence-electron chi connectivity index (χ1n) is 27.5. The minimum Gasteiger partial charge on any atom is -0.310 e. The van der Waals surface area contributed by atoms with Gasteiger partial charge in [-0.15, -0.1) is 0 Å². The van der Waals surface area contributed by atoms with Gasteiger partial charge in [-0.3, -0.25) is 0 Å². The quantitative estimate of drug-likeness (QED) is 0.135. The lowest BCUT2D eigenvalue weighted by atomic mass is 9.73. The van der Waals surface area contributed by atoms with Crippen LogP contribution in [0, 0.1) is 0 Å². The van der Waals surface area contributed by atoms with E-state index in [0.717, 1.165) is 59.8 Å². The summed E-state index contributed by atoms with van der Waals surface area (Å²) in [7, 11) is 0. The third-order valence-electron chi connectivity index (χ3n) is 16.5. The molecule has 0 aromatic heterocycles. The van der Waals surface area contributed by atoms with Crippen LogP contribution in [0.2, 0.25) is 0 Å². The van der Waals surface area contributed by atoms with Crippen molar-refractivity contribution >= 4 is 66.4 Å². The molecule has 0 saturated carbocycles. The van der Waals surface area contributed by atoms with Crippen LogP contribution in [0.1, 0.15) is 22.3 Å². The van der Waals surface area contributed by atoms with E-state index in [1.54, 1.807) is 0 Å². The molecule has 78 heavy (non-hydrogen) atoms. The molecule has 0 radical (unpaired) electrons. The van der Waals surface area contributed by atoms with E-state index in [1.165, 1.54) is 110 Å². The molecule has 0 heterocycles. The molecule has 0 amide bonds. The molecule has 13 aromatic rings. The zero-order chi connectivity index (χ0) is 51.5. The molecule has 2 nitrogen and oxygen atoms in total. The van der Waals surface area contributed by atoms with Gasteiger partial charge in [0.05, 0.1) is 0 Å². The summed E-state index contributed by atoms with van der Waals surface area (Å²) < 4.78 is 0. The highest BCUT2D eigenvalue weighted by Gasteiger charge is 2.28. The van der Waals surface area contributed by atoms with Gasteiger partial charge in [-0.1, -0.05) is 200 Å². The summed E-state index contributed by atoms with van der Waals surface area (Å²) in [6.07, 6.45) is 4.18. The van der Waals surface area contributed by atoms with E-state index in [1.807, 2.05) is 0 Å². The van der Waals surface area contributed by atoms with Crippen LogP contribution >= 0.6 is 0 Å². The summed E-state index contributed by atoms with van der Waals surface area (Å²) in [5.41, 5.74) is 25.7. The van der Waals surface area contributed by atoms with Crippen LogP contribution in [-0.2, 0) is 25.7 Å². The summed E-state index contributed by atoms with van der Waals surface area (Å²) >= 11 is 0. The van der Waals surface area contributed by atoms with Gasteiger partial charge in [-0.2, -0.15) is 0 Å². The Hall–Kier alpha value is -9.76. The van der Waals surface area contributed by atoms with Crippen molar-refractivity contribution in [2.45, 2.75) is 25.7 Å². The van der Waals surface area contributed by atoms with Gasteiger partial charge in [0.25, 0.3) is 0 Å². The van der Waals surface area contributed by atoms with E-state index in [-0.39, 0.29) is 0 Å². The molecule has 0 N–H and O–H groups in total. The maximum absolute atomic E-state index is 2.50. The van der Waals surface area contributed by atoms with Crippen molar-refractivity contribution in [2.75, 3.05) is 9.80 Å². The molecule has 0 spiro atoms. The second-order valence-electron chi connectivity index (χ2n) is 21.2. The molecule has 0 aliphatic heterocycles. The van der Waals surface area contributed by atoms with Crippen LogP contribution in [0.5, 0.6) is 0 Å². The number of aryl methyl sites for hydroxylation is 4. The SMILES string of the molecule is c1ccc(-c2ccc(N(c3ccc(-c4cc5c6c(c4)CCc4cc(-c7ccc8cc(N(c9ccc(-c%10ccccc%10)cc9)c9ccc%10ccccc%10c9)ccc8c7)cc(c4-6)CC5)cc3)c3ccc4ccccc4c3)cc2)cc1. The minimum absolute atomic E-state index is 1.04. The first-order chi connectivity index (χ1) is 38.6. The van der Waals surface area contributed by atoms with Gasteiger partial charge in [-0.25, -0.2) is 0 Å². The Balaban J connectivity index is 0.723. The molecule has 0 unspecified atom stereocenters. The van der Waals surface area contributed by atoms with Crippen LogP contribution in [0.25, 0.3) is 88.0 Å². The van der Waals surface area contributed by atoms with Crippen molar-refractivity contribution in [2.24, 2.45) is 0 Å². The van der Waals surface area contributed by atoms with Gasteiger partial charge >= 0.3 is 0 Å². The Kier molecular flexibility index (Phi) is 11.2. The van der Waals surface area contributed by atoms with E-state index >= 15 is 0 Å². The van der Waals surface area contributed by atoms with Gasteiger partial charge in [0.2, 0.25) is 0 Å². The third kappa shape index (κ3) is 8.31. The Bertz CT molecular complexity index is 4360. The van der Waals surface area contributed by atoms with Crippen LogP contribution in [-0.4, -0.2) is 0 Å². The molecule has 2 aliphatic rings. The average Bonchev–Trinajstić information content (AvgIpc) is 3.71. The topological polar surface area (TPSA) is 6.48 Å². The molecule has 0 fully saturated rings. The van der Waals surface area contributed by atoms with Crippen molar-refractivity contribution in [3.63, 3.8) is 0 Å². The van der Waals surface area contributed by atoms with E-state index in [0.29, 0.717) is 0 Å². The van der Waals surface area contributed by atoms with Crippen molar-refractivity contribution < 1.29 is 0 Å². The third-order valence-corrected chi connectivity index (χ3v) is 16.5. The second kappa shape index (κ2) is 19.1. The average molecular weight is 995 g/mol. The van der Waals surface area contributed by atoms with Crippen LogP contribution in [0.4, 0.5) is 34.1 Å². The normalized spacial score (nSPS) is 12.4. The number of nitrogens with zero attached hydrogens (tertiary/aromatic N) is 2. The number of fused-ring (bicyclic) bond motifs is 3. The Morgan fingerprint density at radius 3 is 0.872 bits per heavy atom. The smallest absolute Gasteiger partial charge is 0.0468 e. The molecule has 0 saturated heterocycles. The molecule has 15 rings (SSSR count). The highest BCUT2D eigenvalue weighted by Crippen LogP contribution is 2.47. The molecule has 13 aromatic carbocycles. The molecule has 2 heteroatoms. The van der Waals surface area contributed by atoms with E-state index in [4.69, 9.17) is 0 Å². The van der Waals surface area contributed by atoms with Gasteiger partial charge in [0.1, 0.15) is 0 Å². The fraction of sp³-hybridized carbons (Fsp3) is 0.0526. The highest BCUT2D eigenvalue weighted by atomic mass is 15.1. The maximum atomic E-state index is 2.50. The highest BCUT2D eigenvalue weighted by molar-refractivity contribution is 5.96. The fourth-order valence-corrected chi connectivity index (χ4v) is 12.6. The number of hydrogen-bond donors (Lipinski definition) is 0. The predicted molar refractivity (Wildman–Crippen MR) is 330 cm³/mol. The maximum Gasteiger partial charge on any atom is 0.0468 e. The van der Waals surface area contributed by atoms with Crippen molar-refractivity contribution in [1.29, 1.82) is 0 Å². The Morgan fingerprint density at radius 2 is 0.449 bits per heavy atom. The van der Waals surface area contributed by atoms with Gasteiger partial charge in [0, 0.05) is 34.1 Å². The number of rotatable bonds is 10. The first kappa shape index (κ1) is 45.6.